The molecule has 15 heavy (non-hydrogen) atoms. The highest BCUT2D eigenvalue weighted by atomic mass is 19.1. The normalized spacial score (nSPS) is 10.5. The summed E-state index contributed by atoms with van der Waals surface area (Å²) in [6.45, 7) is 0.431. The molecular formula is C10H10FN3O. The predicted molar refractivity (Wildman–Crippen MR) is 52.5 cm³/mol. The van der Waals surface area contributed by atoms with Crippen molar-refractivity contribution < 1.29 is 9.50 Å². The highest BCUT2D eigenvalue weighted by Crippen LogP contribution is 2.14. The van der Waals surface area contributed by atoms with E-state index in [2.05, 4.69) is 10.1 Å². The fourth-order valence-corrected chi connectivity index (χ4v) is 1.24. The van der Waals surface area contributed by atoms with Crippen molar-refractivity contribution in [2.75, 3.05) is 6.61 Å². The lowest BCUT2D eigenvalue weighted by molar-refractivity contribution is 0.269. The number of rotatable bonds is 3. The summed E-state index contributed by atoms with van der Waals surface area (Å²) in [5, 5.41) is 12.8. The van der Waals surface area contributed by atoms with E-state index >= 15 is 0 Å². The molecule has 0 radical (unpaired) electrons. The molecule has 0 saturated carbocycles. The Morgan fingerprint density at radius 2 is 2.00 bits per heavy atom. The van der Waals surface area contributed by atoms with Crippen LogP contribution in [0.4, 0.5) is 4.39 Å². The van der Waals surface area contributed by atoms with Crippen molar-refractivity contribution in [1.82, 2.24) is 14.8 Å². The monoisotopic (exact) mass is 207 g/mol. The molecule has 0 bridgehead atoms. The second-order valence-electron chi connectivity index (χ2n) is 3.06. The number of aliphatic hydroxyl groups is 1. The van der Waals surface area contributed by atoms with Crippen molar-refractivity contribution in [2.45, 2.75) is 6.54 Å². The third-order valence-electron chi connectivity index (χ3n) is 1.97. The summed E-state index contributed by atoms with van der Waals surface area (Å²) in [6.07, 6.45) is 1.54. The highest BCUT2D eigenvalue weighted by molar-refractivity contribution is 5.53. The first-order valence-corrected chi connectivity index (χ1v) is 4.56. The Hall–Kier alpha value is -1.75. The Morgan fingerprint density at radius 1 is 1.27 bits per heavy atom. The third-order valence-corrected chi connectivity index (χ3v) is 1.97. The zero-order valence-corrected chi connectivity index (χ0v) is 7.97. The second-order valence-corrected chi connectivity index (χ2v) is 3.06. The van der Waals surface area contributed by atoms with Gasteiger partial charge in [-0.05, 0) is 24.3 Å². The molecule has 2 rings (SSSR count). The molecule has 1 aromatic carbocycles. The quantitative estimate of drug-likeness (QED) is 0.819. The van der Waals surface area contributed by atoms with Crippen molar-refractivity contribution in [2.24, 2.45) is 0 Å². The van der Waals surface area contributed by atoms with E-state index < -0.39 is 0 Å². The summed E-state index contributed by atoms with van der Waals surface area (Å²) in [6, 6.07) is 5.96. The maximum absolute atomic E-state index is 12.6. The molecule has 0 fully saturated rings. The number of aliphatic hydroxyl groups excluding tert-OH is 1. The van der Waals surface area contributed by atoms with Crippen LogP contribution in [0.3, 0.4) is 0 Å². The SMILES string of the molecule is OCCn1cnc(-c2ccc(F)cc2)n1. The van der Waals surface area contributed by atoms with Crippen LogP contribution in [0.25, 0.3) is 11.4 Å². The van der Waals surface area contributed by atoms with E-state index in [9.17, 15) is 4.39 Å². The zero-order valence-electron chi connectivity index (χ0n) is 7.97. The van der Waals surface area contributed by atoms with Crippen LogP contribution < -0.4 is 0 Å². The van der Waals surface area contributed by atoms with Crippen LogP contribution in [0, 0.1) is 5.82 Å². The van der Waals surface area contributed by atoms with Crippen LogP contribution in [0.5, 0.6) is 0 Å². The zero-order chi connectivity index (χ0) is 10.7. The fraction of sp³-hybridized carbons (Fsp3) is 0.200. The van der Waals surface area contributed by atoms with Crippen LogP contribution in [0.1, 0.15) is 0 Å². The molecule has 1 N–H and O–H groups in total. The molecule has 0 amide bonds. The fourth-order valence-electron chi connectivity index (χ4n) is 1.24. The maximum Gasteiger partial charge on any atom is 0.181 e. The lowest BCUT2D eigenvalue weighted by Crippen LogP contribution is -2.02. The van der Waals surface area contributed by atoms with Gasteiger partial charge >= 0.3 is 0 Å². The van der Waals surface area contributed by atoms with E-state index in [1.807, 2.05) is 0 Å². The van der Waals surface area contributed by atoms with Crippen LogP contribution in [0.2, 0.25) is 0 Å². The van der Waals surface area contributed by atoms with Crippen LogP contribution in [0.15, 0.2) is 30.6 Å². The summed E-state index contributed by atoms with van der Waals surface area (Å²) < 4.78 is 14.2. The summed E-state index contributed by atoms with van der Waals surface area (Å²) in [5.74, 6) is 0.247. The van der Waals surface area contributed by atoms with Gasteiger partial charge in [-0.2, -0.15) is 5.10 Å². The molecule has 0 unspecified atom stereocenters. The van der Waals surface area contributed by atoms with Gasteiger partial charge in [0, 0.05) is 5.56 Å². The van der Waals surface area contributed by atoms with E-state index in [1.54, 1.807) is 16.8 Å². The number of hydrogen-bond donors (Lipinski definition) is 1. The van der Waals surface area contributed by atoms with E-state index in [0.29, 0.717) is 12.4 Å². The second kappa shape index (κ2) is 4.18. The number of nitrogens with zero attached hydrogens (tertiary/aromatic N) is 3. The lowest BCUT2D eigenvalue weighted by atomic mass is 10.2. The van der Waals surface area contributed by atoms with Gasteiger partial charge in [0.15, 0.2) is 5.82 Å². The Kier molecular flexibility index (Phi) is 2.73. The molecule has 0 saturated heterocycles. The highest BCUT2D eigenvalue weighted by Gasteiger charge is 2.03. The molecule has 0 spiro atoms. The van der Waals surface area contributed by atoms with Gasteiger partial charge in [-0.25, -0.2) is 9.37 Å². The van der Waals surface area contributed by atoms with Crippen molar-refractivity contribution in [3.8, 4) is 11.4 Å². The van der Waals surface area contributed by atoms with Gasteiger partial charge in [-0.3, -0.25) is 4.68 Å². The van der Waals surface area contributed by atoms with Gasteiger partial charge in [-0.15, -0.1) is 0 Å². The molecule has 4 nitrogen and oxygen atoms in total. The minimum Gasteiger partial charge on any atom is -0.394 e. The van der Waals surface area contributed by atoms with Gasteiger partial charge < -0.3 is 5.11 Å². The summed E-state index contributed by atoms with van der Waals surface area (Å²) in [4.78, 5) is 4.05. The first-order valence-electron chi connectivity index (χ1n) is 4.56. The van der Waals surface area contributed by atoms with Crippen LogP contribution >= 0.6 is 0 Å². The number of hydrogen-bond acceptors (Lipinski definition) is 3. The average molecular weight is 207 g/mol. The summed E-state index contributed by atoms with van der Waals surface area (Å²) in [7, 11) is 0. The predicted octanol–water partition coefficient (Wildman–Crippen LogP) is 1.08. The van der Waals surface area contributed by atoms with Crippen molar-refractivity contribution in [3.63, 3.8) is 0 Å². The topological polar surface area (TPSA) is 50.9 Å². The minimum absolute atomic E-state index is 0.0201. The Bertz CT molecular complexity index is 438. The van der Waals surface area contributed by atoms with Crippen molar-refractivity contribution in [3.05, 3.63) is 36.4 Å². The smallest absolute Gasteiger partial charge is 0.181 e. The molecule has 0 aliphatic rings. The van der Waals surface area contributed by atoms with Crippen molar-refractivity contribution in [1.29, 1.82) is 0 Å². The largest absolute Gasteiger partial charge is 0.394 e. The molecular weight excluding hydrogens is 197 g/mol. The first kappa shape index (κ1) is 9.79. The Labute approximate surface area is 86.0 Å². The van der Waals surface area contributed by atoms with Crippen LogP contribution in [-0.4, -0.2) is 26.5 Å². The molecule has 0 atom stereocenters. The first-order chi connectivity index (χ1) is 7.29. The van der Waals surface area contributed by atoms with Gasteiger partial charge in [0.05, 0.1) is 13.2 Å². The van der Waals surface area contributed by atoms with E-state index in [-0.39, 0.29) is 12.4 Å². The maximum atomic E-state index is 12.6. The van der Waals surface area contributed by atoms with Gasteiger partial charge in [0.1, 0.15) is 12.1 Å². The number of aromatic nitrogens is 3. The Balaban J connectivity index is 2.25. The third kappa shape index (κ3) is 2.19. The molecule has 0 aliphatic heterocycles. The Morgan fingerprint density at radius 3 is 2.67 bits per heavy atom. The lowest BCUT2D eigenvalue weighted by Gasteiger charge is -1.95. The van der Waals surface area contributed by atoms with Gasteiger partial charge in [0.25, 0.3) is 0 Å². The van der Waals surface area contributed by atoms with Crippen molar-refractivity contribution >= 4 is 0 Å². The molecule has 78 valence electrons. The van der Waals surface area contributed by atoms with E-state index in [4.69, 9.17) is 5.11 Å². The van der Waals surface area contributed by atoms with E-state index in [1.165, 1.54) is 18.5 Å². The summed E-state index contributed by atoms with van der Waals surface area (Å²) >= 11 is 0. The molecule has 1 aromatic heterocycles. The number of halogens is 1. The molecule has 1 heterocycles. The van der Waals surface area contributed by atoms with Gasteiger partial charge in [0.2, 0.25) is 0 Å². The standard InChI is InChI=1S/C10H10FN3O/c11-9-3-1-8(2-4-9)10-12-7-14(13-10)5-6-15/h1-4,7,15H,5-6H2. The van der Waals surface area contributed by atoms with Crippen LogP contribution in [-0.2, 0) is 6.54 Å². The molecule has 0 aliphatic carbocycles. The minimum atomic E-state index is -0.284. The van der Waals surface area contributed by atoms with E-state index in [0.717, 1.165) is 5.56 Å². The molecule has 2 aromatic rings. The van der Waals surface area contributed by atoms with Gasteiger partial charge in [-0.1, -0.05) is 0 Å². The number of benzene rings is 1. The molecule has 5 heteroatoms. The summed E-state index contributed by atoms with van der Waals surface area (Å²) in [5.41, 5.74) is 0.757. The average Bonchev–Trinajstić information content (AvgIpc) is 2.68.